The molecule has 0 atom stereocenters. The van der Waals surface area contributed by atoms with Gasteiger partial charge in [-0.05, 0) is 49.0 Å². The molecular formula is C21H26O3S. The van der Waals surface area contributed by atoms with Crippen molar-refractivity contribution in [3.05, 3.63) is 65.3 Å². The Labute approximate surface area is 151 Å². The van der Waals surface area contributed by atoms with E-state index in [1.165, 1.54) is 0 Å². The average Bonchev–Trinajstić information content (AvgIpc) is 2.57. The van der Waals surface area contributed by atoms with Crippen molar-refractivity contribution in [2.75, 3.05) is 5.75 Å². The van der Waals surface area contributed by atoms with Gasteiger partial charge in [0.05, 0.1) is 10.6 Å². The largest absolute Gasteiger partial charge is 0.295 e. The lowest BCUT2D eigenvalue weighted by molar-refractivity contribution is -0.116. The standard InChI is InChI=1S/C21H26O3S/c1-16(13-15-25(23,24)18-8-6-5-7-9-18)10-11-19-17(2)20(22)12-14-21(19,3)4/h5-11,13H,12,14-15H2,1-4H3. The Balaban J connectivity index is 2.17. The lowest BCUT2D eigenvalue weighted by Gasteiger charge is -2.32. The van der Waals surface area contributed by atoms with Crippen molar-refractivity contribution in [2.45, 2.75) is 45.4 Å². The van der Waals surface area contributed by atoms with Gasteiger partial charge in [-0.1, -0.05) is 55.8 Å². The zero-order chi connectivity index (χ0) is 18.7. The van der Waals surface area contributed by atoms with Crippen LogP contribution in [0.3, 0.4) is 0 Å². The van der Waals surface area contributed by atoms with Crippen LogP contribution in [0.2, 0.25) is 0 Å². The summed E-state index contributed by atoms with van der Waals surface area (Å²) in [6, 6.07) is 8.46. The molecule has 0 radical (unpaired) electrons. The maximum Gasteiger partial charge on any atom is 0.181 e. The molecule has 25 heavy (non-hydrogen) atoms. The van der Waals surface area contributed by atoms with E-state index in [4.69, 9.17) is 0 Å². The van der Waals surface area contributed by atoms with E-state index >= 15 is 0 Å². The van der Waals surface area contributed by atoms with Crippen LogP contribution in [0.25, 0.3) is 0 Å². The number of benzene rings is 1. The summed E-state index contributed by atoms with van der Waals surface area (Å²) in [6.45, 7) is 8.04. The molecule has 0 aromatic heterocycles. The molecule has 1 aliphatic carbocycles. The maximum absolute atomic E-state index is 12.3. The van der Waals surface area contributed by atoms with Gasteiger partial charge in [-0.3, -0.25) is 4.79 Å². The second kappa shape index (κ2) is 7.52. The van der Waals surface area contributed by atoms with Gasteiger partial charge in [0.1, 0.15) is 0 Å². The monoisotopic (exact) mass is 358 g/mol. The molecule has 3 nitrogen and oxygen atoms in total. The minimum atomic E-state index is -3.32. The predicted molar refractivity (Wildman–Crippen MR) is 102 cm³/mol. The van der Waals surface area contributed by atoms with Gasteiger partial charge in [0.2, 0.25) is 0 Å². The second-order valence-corrected chi connectivity index (χ2v) is 9.26. The van der Waals surface area contributed by atoms with Crippen LogP contribution in [0.5, 0.6) is 0 Å². The van der Waals surface area contributed by atoms with E-state index in [9.17, 15) is 13.2 Å². The molecule has 0 bridgehead atoms. The fourth-order valence-electron chi connectivity index (χ4n) is 3.00. The van der Waals surface area contributed by atoms with E-state index in [0.717, 1.165) is 23.1 Å². The lowest BCUT2D eigenvalue weighted by Crippen LogP contribution is -2.24. The number of rotatable bonds is 5. The number of sulfone groups is 1. The van der Waals surface area contributed by atoms with Crippen molar-refractivity contribution in [2.24, 2.45) is 5.41 Å². The minimum Gasteiger partial charge on any atom is -0.295 e. The summed E-state index contributed by atoms with van der Waals surface area (Å²) in [4.78, 5) is 12.3. The first kappa shape index (κ1) is 19.4. The molecule has 0 unspecified atom stereocenters. The molecule has 1 aliphatic rings. The maximum atomic E-state index is 12.3. The van der Waals surface area contributed by atoms with Gasteiger partial charge in [-0.15, -0.1) is 0 Å². The summed E-state index contributed by atoms with van der Waals surface area (Å²) < 4.78 is 24.6. The number of hydrogen-bond donors (Lipinski definition) is 0. The van der Waals surface area contributed by atoms with E-state index in [2.05, 4.69) is 13.8 Å². The van der Waals surface area contributed by atoms with Crippen molar-refractivity contribution in [3.63, 3.8) is 0 Å². The predicted octanol–water partition coefficient (Wildman–Crippen LogP) is 4.67. The number of ketones is 1. The normalized spacial score (nSPS) is 18.9. The molecule has 4 heteroatoms. The molecule has 0 N–H and O–H groups in total. The Morgan fingerprint density at radius 1 is 1.20 bits per heavy atom. The number of Topliss-reactive ketones (excluding diaryl/α,β-unsaturated/α-hetero) is 1. The summed E-state index contributed by atoms with van der Waals surface area (Å²) in [6.07, 6.45) is 7.02. The molecule has 0 saturated carbocycles. The number of carbonyl (C=O) groups excluding carboxylic acids is 1. The number of hydrogen-bond acceptors (Lipinski definition) is 3. The molecule has 1 aromatic carbocycles. The van der Waals surface area contributed by atoms with Crippen LogP contribution in [0, 0.1) is 5.41 Å². The summed E-state index contributed by atoms with van der Waals surface area (Å²) in [5.41, 5.74) is 2.69. The molecule has 134 valence electrons. The third kappa shape index (κ3) is 4.79. The molecule has 0 aliphatic heterocycles. The summed E-state index contributed by atoms with van der Waals surface area (Å²) >= 11 is 0. The molecule has 0 amide bonds. The minimum absolute atomic E-state index is 0.0342. The molecule has 0 spiro atoms. The van der Waals surface area contributed by atoms with Gasteiger partial charge in [-0.2, -0.15) is 0 Å². The third-order valence-electron chi connectivity index (χ3n) is 4.77. The van der Waals surface area contributed by atoms with E-state index in [1.807, 2.05) is 26.0 Å². The highest BCUT2D eigenvalue weighted by molar-refractivity contribution is 7.91. The van der Waals surface area contributed by atoms with E-state index < -0.39 is 9.84 Å². The van der Waals surface area contributed by atoms with Gasteiger partial charge in [-0.25, -0.2) is 8.42 Å². The van der Waals surface area contributed by atoms with Gasteiger partial charge in [0.15, 0.2) is 15.6 Å². The van der Waals surface area contributed by atoms with Crippen molar-refractivity contribution in [3.8, 4) is 0 Å². The van der Waals surface area contributed by atoms with Crippen molar-refractivity contribution in [1.82, 2.24) is 0 Å². The third-order valence-corrected chi connectivity index (χ3v) is 6.36. The van der Waals surface area contributed by atoms with Crippen LogP contribution in [0.1, 0.15) is 40.5 Å². The van der Waals surface area contributed by atoms with Gasteiger partial charge in [0, 0.05) is 6.42 Å². The van der Waals surface area contributed by atoms with Crippen LogP contribution in [-0.4, -0.2) is 20.0 Å². The van der Waals surface area contributed by atoms with Crippen LogP contribution >= 0.6 is 0 Å². The second-order valence-electron chi connectivity index (χ2n) is 7.22. The molecule has 1 aromatic rings. The first-order valence-electron chi connectivity index (χ1n) is 8.51. The Bertz CT molecular complexity index is 838. The van der Waals surface area contributed by atoms with Gasteiger partial charge in [0.25, 0.3) is 0 Å². The van der Waals surface area contributed by atoms with Crippen molar-refractivity contribution >= 4 is 15.6 Å². The van der Waals surface area contributed by atoms with Crippen LogP contribution < -0.4 is 0 Å². The van der Waals surface area contributed by atoms with Crippen LogP contribution in [-0.2, 0) is 14.6 Å². The van der Waals surface area contributed by atoms with E-state index in [0.29, 0.717) is 11.3 Å². The molecule has 0 fully saturated rings. The summed E-state index contributed by atoms with van der Waals surface area (Å²) in [5.74, 6) is 0.167. The highest BCUT2D eigenvalue weighted by Crippen LogP contribution is 2.39. The van der Waals surface area contributed by atoms with Crippen LogP contribution in [0.4, 0.5) is 0 Å². The first-order chi connectivity index (χ1) is 11.6. The van der Waals surface area contributed by atoms with Crippen LogP contribution in [0.15, 0.2) is 70.2 Å². The fraction of sp³-hybridized carbons (Fsp3) is 0.381. The molecule has 2 rings (SSSR count). The molecular weight excluding hydrogens is 332 g/mol. The Kier molecular flexibility index (Phi) is 5.83. The quantitative estimate of drug-likeness (QED) is 0.719. The van der Waals surface area contributed by atoms with Gasteiger partial charge < -0.3 is 0 Å². The molecule has 0 saturated heterocycles. The Morgan fingerprint density at radius 3 is 2.48 bits per heavy atom. The topological polar surface area (TPSA) is 51.2 Å². The zero-order valence-electron chi connectivity index (χ0n) is 15.4. The smallest absolute Gasteiger partial charge is 0.181 e. The average molecular weight is 359 g/mol. The number of carbonyl (C=O) groups is 1. The Morgan fingerprint density at radius 2 is 1.84 bits per heavy atom. The molecule has 0 heterocycles. The Hall–Kier alpha value is -1.94. The zero-order valence-corrected chi connectivity index (χ0v) is 16.2. The first-order valence-corrected chi connectivity index (χ1v) is 10.2. The summed E-state index contributed by atoms with van der Waals surface area (Å²) in [5, 5.41) is 0. The van der Waals surface area contributed by atoms with Gasteiger partial charge >= 0.3 is 0 Å². The van der Waals surface area contributed by atoms with Crippen molar-refractivity contribution in [1.29, 1.82) is 0 Å². The fourth-order valence-corrected chi connectivity index (χ4v) is 4.25. The van der Waals surface area contributed by atoms with E-state index in [-0.39, 0.29) is 17.0 Å². The highest BCUT2D eigenvalue weighted by Gasteiger charge is 2.30. The SMILES string of the molecule is CC(C=CC1=C(C)C(=O)CCC1(C)C)=CCS(=O)(=O)c1ccccc1. The lowest BCUT2D eigenvalue weighted by atomic mass is 9.72. The highest BCUT2D eigenvalue weighted by atomic mass is 32.2. The number of allylic oxidation sites excluding steroid dienone is 5. The van der Waals surface area contributed by atoms with E-state index in [1.54, 1.807) is 36.4 Å². The van der Waals surface area contributed by atoms with Crippen molar-refractivity contribution < 1.29 is 13.2 Å². The summed E-state index contributed by atoms with van der Waals surface area (Å²) in [7, 11) is -3.32.